The molecule has 118 valence electrons. The topological polar surface area (TPSA) is 26.0 Å². The smallest absolute Gasteiger partial charge is 0.0208 e. The summed E-state index contributed by atoms with van der Waals surface area (Å²) < 4.78 is 0. The maximum absolute atomic E-state index is 7.05. The van der Waals surface area contributed by atoms with Gasteiger partial charge in [-0.05, 0) is 49.4 Å². The van der Waals surface area contributed by atoms with Gasteiger partial charge in [0.2, 0.25) is 0 Å². The molecule has 2 aliphatic rings. The normalized spacial score (nSPS) is 36.1. The van der Waals surface area contributed by atoms with Crippen LogP contribution in [0.5, 0.6) is 0 Å². The summed E-state index contributed by atoms with van der Waals surface area (Å²) >= 11 is 0. The van der Waals surface area contributed by atoms with E-state index >= 15 is 0 Å². The van der Waals surface area contributed by atoms with Gasteiger partial charge in [-0.25, -0.2) is 0 Å². The Balaban J connectivity index is 2.07. The van der Waals surface area contributed by atoms with Crippen molar-refractivity contribution in [3.63, 3.8) is 0 Å². The van der Waals surface area contributed by atoms with E-state index in [-0.39, 0.29) is 5.54 Å². The average molecular weight is 280 g/mol. The molecule has 0 spiro atoms. The molecule has 0 aromatic carbocycles. The molecule has 0 heterocycles. The highest BCUT2D eigenvalue weighted by Crippen LogP contribution is 2.48. The van der Waals surface area contributed by atoms with Crippen LogP contribution in [0.2, 0.25) is 0 Å². The van der Waals surface area contributed by atoms with Crippen LogP contribution in [0.15, 0.2) is 0 Å². The highest BCUT2D eigenvalue weighted by atomic mass is 14.8. The quantitative estimate of drug-likeness (QED) is 0.647. The monoisotopic (exact) mass is 279 g/mol. The summed E-state index contributed by atoms with van der Waals surface area (Å²) in [6.07, 6.45) is 16.5. The van der Waals surface area contributed by atoms with Crippen LogP contribution in [-0.2, 0) is 0 Å². The number of hydrogen-bond acceptors (Lipinski definition) is 1. The van der Waals surface area contributed by atoms with Gasteiger partial charge < -0.3 is 5.73 Å². The van der Waals surface area contributed by atoms with Gasteiger partial charge >= 0.3 is 0 Å². The molecule has 0 aromatic rings. The summed E-state index contributed by atoms with van der Waals surface area (Å²) in [6, 6.07) is 0. The van der Waals surface area contributed by atoms with Crippen molar-refractivity contribution in [2.75, 3.05) is 0 Å². The third kappa shape index (κ3) is 3.59. The Labute approximate surface area is 127 Å². The molecular formula is C19H37N. The van der Waals surface area contributed by atoms with Gasteiger partial charge in [0.15, 0.2) is 0 Å². The Morgan fingerprint density at radius 1 is 0.800 bits per heavy atom. The molecule has 2 unspecified atom stereocenters. The van der Waals surface area contributed by atoms with E-state index in [1.807, 2.05) is 0 Å². The predicted octanol–water partition coefficient (Wildman–Crippen LogP) is 5.67. The van der Waals surface area contributed by atoms with E-state index in [0.717, 1.165) is 11.8 Å². The summed E-state index contributed by atoms with van der Waals surface area (Å²) in [6.45, 7) is 7.31. The first-order valence-electron chi connectivity index (χ1n) is 9.26. The molecule has 1 heteroatoms. The molecule has 2 N–H and O–H groups in total. The lowest BCUT2D eigenvalue weighted by molar-refractivity contribution is 0.0837. The summed E-state index contributed by atoms with van der Waals surface area (Å²) in [5.74, 6) is 1.75. The molecule has 1 nitrogen and oxygen atoms in total. The largest absolute Gasteiger partial charge is 0.325 e. The molecular weight excluding hydrogens is 242 g/mol. The van der Waals surface area contributed by atoms with Crippen molar-refractivity contribution in [2.24, 2.45) is 23.0 Å². The van der Waals surface area contributed by atoms with Gasteiger partial charge in [0.05, 0.1) is 0 Å². The van der Waals surface area contributed by atoms with Crippen molar-refractivity contribution in [1.82, 2.24) is 0 Å². The SMILES string of the molecule is CC(C)C1CCCC(N)(C2(C)CCCCCCC2)CC1. The van der Waals surface area contributed by atoms with Crippen LogP contribution in [0.4, 0.5) is 0 Å². The third-order valence-electron chi connectivity index (χ3n) is 6.76. The molecule has 2 saturated carbocycles. The van der Waals surface area contributed by atoms with Crippen LogP contribution in [0, 0.1) is 17.3 Å². The van der Waals surface area contributed by atoms with Gasteiger partial charge in [-0.15, -0.1) is 0 Å². The first-order chi connectivity index (χ1) is 9.47. The van der Waals surface area contributed by atoms with Crippen LogP contribution < -0.4 is 5.73 Å². The molecule has 0 bridgehead atoms. The van der Waals surface area contributed by atoms with Gasteiger partial charge in [-0.3, -0.25) is 0 Å². The highest BCUT2D eigenvalue weighted by molar-refractivity contribution is 5.01. The minimum atomic E-state index is 0.119. The number of nitrogens with two attached hydrogens (primary N) is 1. The van der Waals surface area contributed by atoms with Crippen molar-refractivity contribution >= 4 is 0 Å². The fourth-order valence-corrected chi connectivity index (χ4v) is 4.85. The van der Waals surface area contributed by atoms with Crippen LogP contribution in [0.3, 0.4) is 0 Å². The Hall–Kier alpha value is -0.0400. The van der Waals surface area contributed by atoms with Crippen molar-refractivity contribution < 1.29 is 0 Å². The zero-order chi connectivity index (χ0) is 14.6. The Bertz CT molecular complexity index is 288. The molecule has 0 saturated heterocycles. The molecule has 2 aliphatic carbocycles. The third-order valence-corrected chi connectivity index (χ3v) is 6.76. The fraction of sp³-hybridized carbons (Fsp3) is 1.00. The molecule has 2 atom stereocenters. The summed E-state index contributed by atoms with van der Waals surface area (Å²) in [7, 11) is 0. The van der Waals surface area contributed by atoms with E-state index in [9.17, 15) is 0 Å². The molecule has 2 rings (SSSR count). The van der Waals surface area contributed by atoms with E-state index in [2.05, 4.69) is 20.8 Å². The van der Waals surface area contributed by atoms with Gasteiger partial charge in [-0.2, -0.15) is 0 Å². The molecule has 0 aromatic heterocycles. The van der Waals surface area contributed by atoms with Crippen molar-refractivity contribution in [2.45, 2.75) is 103 Å². The van der Waals surface area contributed by atoms with Crippen molar-refractivity contribution in [1.29, 1.82) is 0 Å². The maximum atomic E-state index is 7.05. The first-order valence-corrected chi connectivity index (χ1v) is 9.26. The van der Waals surface area contributed by atoms with E-state index < -0.39 is 0 Å². The Morgan fingerprint density at radius 3 is 2.00 bits per heavy atom. The van der Waals surface area contributed by atoms with Crippen molar-refractivity contribution in [3.8, 4) is 0 Å². The standard InChI is InChI=1S/C19H37N/c1-16(2)17-10-9-14-19(20,15-11-17)18(3)12-7-5-4-6-8-13-18/h16-17H,4-15,20H2,1-3H3. The van der Waals surface area contributed by atoms with Crippen LogP contribution in [0.25, 0.3) is 0 Å². The minimum absolute atomic E-state index is 0.119. The van der Waals surface area contributed by atoms with Gasteiger partial charge in [-0.1, -0.05) is 65.7 Å². The summed E-state index contributed by atoms with van der Waals surface area (Å²) in [4.78, 5) is 0. The molecule has 20 heavy (non-hydrogen) atoms. The second kappa shape index (κ2) is 6.81. The minimum Gasteiger partial charge on any atom is -0.325 e. The zero-order valence-electron chi connectivity index (χ0n) is 14.2. The lowest BCUT2D eigenvalue weighted by Gasteiger charge is -2.48. The van der Waals surface area contributed by atoms with Gasteiger partial charge in [0.1, 0.15) is 0 Å². The predicted molar refractivity (Wildman–Crippen MR) is 88.8 cm³/mol. The highest BCUT2D eigenvalue weighted by Gasteiger charge is 2.45. The van der Waals surface area contributed by atoms with Crippen LogP contribution >= 0.6 is 0 Å². The number of rotatable bonds is 2. The van der Waals surface area contributed by atoms with E-state index in [1.165, 1.54) is 77.0 Å². The second-order valence-corrected chi connectivity index (χ2v) is 8.42. The zero-order valence-corrected chi connectivity index (χ0v) is 14.2. The van der Waals surface area contributed by atoms with Crippen LogP contribution in [-0.4, -0.2) is 5.54 Å². The summed E-state index contributed by atoms with van der Waals surface area (Å²) in [5.41, 5.74) is 7.57. The second-order valence-electron chi connectivity index (χ2n) is 8.42. The summed E-state index contributed by atoms with van der Waals surface area (Å²) in [5, 5.41) is 0. The molecule has 0 radical (unpaired) electrons. The molecule has 0 amide bonds. The maximum Gasteiger partial charge on any atom is 0.0208 e. The lowest BCUT2D eigenvalue weighted by atomic mass is 9.61. The fourth-order valence-electron chi connectivity index (χ4n) is 4.85. The lowest BCUT2D eigenvalue weighted by Crippen LogP contribution is -2.54. The Kier molecular flexibility index (Phi) is 5.56. The van der Waals surface area contributed by atoms with Gasteiger partial charge in [0, 0.05) is 5.54 Å². The first kappa shape index (κ1) is 16.3. The Morgan fingerprint density at radius 2 is 1.40 bits per heavy atom. The average Bonchev–Trinajstić information content (AvgIpc) is 2.57. The molecule has 0 aliphatic heterocycles. The van der Waals surface area contributed by atoms with E-state index in [4.69, 9.17) is 5.73 Å². The van der Waals surface area contributed by atoms with E-state index in [0.29, 0.717) is 5.41 Å². The van der Waals surface area contributed by atoms with Crippen LogP contribution in [0.1, 0.15) is 97.8 Å². The van der Waals surface area contributed by atoms with Gasteiger partial charge in [0.25, 0.3) is 0 Å². The van der Waals surface area contributed by atoms with Crippen molar-refractivity contribution in [3.05, 3.63) is 0 Å². The van der Waals surface area contributed by atoms with E-state index in [1.54, 1.807) is 0 Å². The number of hydrogen-bond donors (Lipinski definition) is 1. The molecule has 2 fully saturated rings.